The van der Waals surface area contributed by atoms with Crippen LogP contribution < -0.4 is 10.2 Å². The lowest BCUT2D eigenvalue weighted by molar-refractivity contribution is 0.102. The monoisotopic (exact) mass is 341 g/mol. The highest BCUT2D eigenvalue weighted by atomic mass is 32.1. The van der Waals surface area contributed by atoms with Crippen LogP contribution >= 0.6 is 11.3 Å². The quantitative estimate of drug-likeness (QED) is 0.773. The average Bonchev–Trinajstić information content (AvgIpc) is 3.23. The van der Waals surface area contributed by atoms with Crippen LogP contribution in [0.3, 0.4) is 0 Å². The molecule has 0 radical (unpaired) electrons. The Morgan fingerprint density at radius 3 is 2.79 bits per heavy atom. The summed E-state index contributed by atoms with van der Waals surface area (Å²) in [4.78, 5) is 19.2. The van der Waals surface area contributed by atoms with Crippen LogP contribution in [0, 0.1) is 5.82 Å². The number of nitrogens with one attached hydrogen (secondary N) is 1. The van der Waals surface area contributed by atoms with Gasteiger partial charge in [-0.25, -0.2) is 9.37 Å². The molecule has 1 amide bonds. The van der Waals surface area contributed by atoms with E-state index in [1.807, 2.05) is 18.2 Å². The Kier molecular flexibility index (Phi) is 3.90. The highest BCUT2D eigenvalue weighted by Gasteiger charge is 2.16. The van der Waals surface area contributed by atoms with E-state index in [0.717, 1.165) is 28.4 Å². The van der Waals surface area contributed by atoms with Crippen molar-refractivity contribution in [2.45, 2.75) is 12.8 Å². The molecular weight excluding hydrogens is 325 g/mol. The van der Waals surface area contributed by atoms with E-state index >= 15 is 0 Å². The Bertz CT molecular complexity index is 902. The molecule has 0 unspecified atom stereocenters. The van der Waals surface area contributed by atoms with Crippen LogP contribution in [-0.2, 0) is 0 Å². The van der Waals surface area contributed by atoms with Gasteiger partial charge in [0.25, 0.3) is 5.91 Å². The van der Waals surface area contributed by atoms with Crippen LogP contribution in [0.2, 0.25) is 0 Å². The number of halogens is 1. The molecule has 3 aromatic rings. The highest BCUT2D eigenvalue weighted by Crippen LogP contribution is 2.32. The third-order valence-electron chi connectivity index (χ3n) is 4.10. The lowest BCUT2D eigenvalue weighted by Crippen LogP contribution is -2.16. The van der Waals surface area contributed by atoms with E-state index in [0.29, 0.717) is 11.3 Å². The summed E-state index contributed by atoms with van der Waals surface area (Å²) in [7, 11) is 0. The van der Waals surface area contributed by atoms with Gasteiger partial charge in [0.2, 0.25) is 0 Å². The molecule has 0 aliphatic carbocycles. The molecule has 24 heavy (non-hydrogen) atoms. The number of amides is 1. The summed E-state index contributed by atoms with van der Waals surface area (Å²) >= 11 is 1.64. The molecule has 2 aromatic carbocycles. The summed E-state index contributed by atoms with van der Waals surface area (Å²) in [6.45, 7) is 2.12. The summed E-state index contributed by atoms with van der Waals surface area (Å²) in [5.74, 6) is -0.742. The van der Waals surface area contributed by atoms with Crippen molar-refractivity contribution in [2.75, 3.05) is 23.3 Å². The number of carbonyl (C=O) groups is 1. The number of benzene rings is 2. The Hall–Kier alpha value is -2.47. The van der Waals surface area contributed by atoms with Crippen molar-refractivity contribution in [3.63, 3.8) is 0 Å². The third-order valence-corrected chi connectivity index (χ3v) is 5.18. The lowest BCUT2D eigenvalue weighted by Gasteiger charge is -2.11. The standard InChI is InChI=1S/C18H16FN3OS/c19-13-5-3-4-12(10-13)17(23)20-14-6-7-15-16(11-14)24-18(21-15)22-8-1-2-9-22/h3-7,10-11H,1-2,8-9H2,(H,20,23). The zero-order valence-corrected chi connectivity index (χ0v) is 13.8. The molecule has 0 saturated carbocycles. The number of hydrogen-bond acceptors (Lipinski definition) is 4. The normalized spacial score (nSPS) is 14.3. The molecule has 0 atom stereocenters. The minimum absolute atomic E-state index is 0.303. The predicted octanol–water partition coefficient (Wildman–Crippen LogP) is 4.29. The Morgan fingerprint density at radius 2 is 2.00 bits per heavy atom. The molecule has 1 saturated heterocycles. The van der Waals surface area contributed by atoms with Crippen LogP contribution in [0.5, 0.6) is 0 Å². The molecule has 6 heteroatoms. The molecule has 1 aromatic heterocycles. The Labute approximate surface area is 142 Å². The molecular formula is C18H16FN3OS. The van der Waals surface area contributed by atoms with Crippen LogP contribution in [-0.4, -0.2) is 24.0 Å². The van der Waals surface area contributed by atoms with E-state index in [1.54, 1.807) is 17.4 Å². The van der Waals surface area contributed by atoms with Gasteiger partial charge in [0.15, 0.2) is 5.13 Å². The predicted molar refractivity (Wildman–Crippen MR) is 95.4 cm³/mol. The van der Waals surface area contributed by atoms with Gasteiger partial charge in [-0.05, 0) is 49.2 Å². The molecule has 0 spiro atoms. The van der Waals surface area contributed by atoms with Gasteiger partial charge in [-0.15, -0.1) is 0 Å². The summed E-state index contributed by atoms with van der Waals surface area (Å²) in [5.41, 5.74) is 1.93. The first-order valence-electron chi connectivity index (χ1n) is 7.91. The van der Waals surface area contributed by atoms with Gasteiger partial charge in [-0.2, -0.15) is 0 Å². The fourth-order valence-corrected chi connectivity index (χ4v) is 3.92. The minimum atomic E-state index is -0.421. The van der Waals surface area contributed by atoms with Crippen LogP contribution in [0.4, 0.5) is 15.2 Å². The molecule has 2 heterocycles. The molecule has 122 valence electrons. The fourth-order valence-electron chi connectivity index (χ4n) is 2.87. The second-order valence-corrected chi connectivity index (χ2v) is 6.85. The maximum absolute atomic E-state index is 13.2. The van der Waals surface area contributed by atoms with Crippen LogP contribution in [0.1, 0.15) is 23.2 Å². The second kappa shape index (κ2) is 6.20. The smallest absolute Gasteiger partial charge is 0.255 e. The Balaban J connectivity index is 1.57. The fraction of sp³-hybridized carbons (Fsp3) is 0.222. The maximum Gasteiger partial charge on any atom is 0.255 e. The van der Waals surface area contributed by atoms with E-state index in [2.05, 4.69) is 15.2 Å². The van der Waals surface area contributed by atoms with Gasteiger partial charge in [0.1, 0.15) is 5.82 Å². The minimum Gasteiger partial charge on any atom is -0.348 e. The van der Waals surface area contributed by atoms with Gasteiger partial charge in [0.05, 0.1) is 10.2 Å². The summed E-state index contributed by atoms with van der Waals surface area (Å²) in [5, 5.41) is 3.85. The lowest BCUT2D eigenvalue weighted by atomic mass is 10.2. The first-order valence-corrected chi connectivity index (χ1v) is 8.73. The SMILES string of the molecule is O=C(Nc1ccc2nc(N3CCCC3)sc2c1)c1cccc(F)c1. The number of fused-ring (bicyclic) bond motifs is 1. The van der Waals surface area contributed by atoms with E-state index in [-0.39, 0.29) is 5.91 Å². The second-order valence-electron chi connectivity index (χ2n) is 5.84. The molecule has 0 bridgehead atoms. The van der Waals surface area contributed by atoms with Crippen molar-refractivity contribution in [3.05, 3.63) is 53.8 Å². The summed E-state index contributed by atoms with van der Waals surface area (Å²) < 4.78 is 14.3. The van der Waals surface area contributed by atoms with Crippen molar-refractivity contribution >= 4 is 38.3 Å². The largest absolute Gasteiger partial charge is 0.348 e. The van der Waals surface area contributed by atoms with Gasteiger partial charge in [0, 0.05) is 24.3 Å². The average molecular weight is 341 g/mol. The topological polar surface area (TPSA) is 45.2 Å². The van der Waals surface area contributed by atoms with Gasteiger partial charge in [-0.1, -0.05) is 17.4 Å². The number of hydrogen-bond donors (Lipinski definition) is 1. The molecule has 1 aliphatic heterocycles. The van der Waals surface area contributed by atoms with Crippen molar-refractivity contribution in [1.82, 2.24) is 4.98 Å². The number of carbonyl (C=O) groups excluding carboxylic acids is 1. The van der Waals surface area contributed by atoms with Crippen molar-refractivity contribution < 1.29 is 9.18 Å². The first-order chi connectivity index (χ1) is 11.7. The maximum atomic E-state index is 13.2. The molecule has 1 fully saturated rings. The number of nitrogens with zero attached hydrogens (tertiary/aromatic N) is 2. The Morgan fingerprint density at radius 1 is 1.17 bits per heavy atom. The van der Waals surface area contributed by atoms with E-state index in [9.17, 15) is 9.18 Å². The van der Waals surface area contributed by atoms with Crippen molar-refractivity contribution in [1.29, 1.82) is 0 Å². The third kappa shape index (κ3) is 2.97. The number of anilines is 2. The zero-order chi connectivity index (χ0) is 16.5. The number of thiazole rings is 1. The number of aromatic nitrogens is 1. The van der Waals surface area contributed by atoms with Crippen molar-refractivity contribution in [2.24, 2.45) is 0 Å². The van der Waals surface area contributed by atoms with Crippen molar-refractivity contribution in [3.8, 4) is 0 Å². The van der Waals surface area contributed by atoms with E-state index in [1.165, 1.54) is 31.0 Å². The molecule has 4 rings (SSSR count). The van der Waals surface area contributed by atoms with Gasteiger partial charge < -0.3 is 10.2 Å². The molecule has 1 aliphatic rings. The first kappa shape index (κ1) is 15.1. The summed E-state index contributed by atoms with van der Waals surface area (Å²) in [6.07, 6.45) is 2.43. The van der Waals surface area contributed by atoms with Crippen LogP contribution in [0.15, 0.2) is 42.5 Å². The zero-order valence-electron chi connectivity index (χ0n) is 13.0. The number of rotatable bonds is 3. The van der Waals surface area contributed by atoms with Gasteiger partial charge >= 0.3 is 0 Å². The van der Waals surface area contributed by atoms with Gasteiger partial charge in [-0.3, -0.25) is 4.79 Å². The highest BCUT2D eigenvalue weighted by molar-refractivity contribution is 7.22. The molecule has 1 N–H and O–H groups in total. The van der Waals surface area contributed by atoms with Crippen LogP contribution in [0.25, 0.3) is 10.2 Å². The summed E-state index contributed by atoms with van der Waals surface area (Å²) in [6, 6.07) is 11.3. The van der Waals surface area contributed by atoms with E-state index in [4.69, 9.17) is 0 Å². The van der Waals surface area contributed by atoms with E-state index < -0.39 is 5.82 Å². The molecule has 4 nitrogen and oxygen atoms in total.